The van der Waals surface area contributed by atoms with Crippen molar-refractivity contribution in [2.45, 2.75) is 12.5 Å². The number of hydrogen-bond acceptors (Lipinski definition) is 6. The molecular weight excluding hydrogens is 515 g/mol. The smallest absolute Gasteiger partial charge is 0.325 e. The first-order valence-electron chi connectivity index (χ1n) is 12.4. The number of nitrogens with zero attached hydrogens (tertiary/aromatic N) is 2. The predicted octanol–water partition coefficient (Wildman–Crippen LogP) is 4.82. The number of carboxylic acids is 1. The van der Waals surface area contributed by atoms with Crippen molar-refractivity contribution in [3.8, 4) is 11.3 Å². The summed E-state index contributed by atoms with van der Waals surface area (Å²) < 4.78 is 19.9. The molecule has 0 aliphatic heterocycles. The zero-order valence-electron chi connectivity index (χ0n) is 21.4. The number of esters is 1. The Labute approximate surface area is 228 Å². The summed E-state index contributed by atoms with van der Waals surface area (Å²) in [5.41, 5.74) is 2.20. The number of amides is 1. The van der Waals surface area contributed by atoms with Crippen molar-refractivity contribution in [3.63, 3.8) is 0 Å². The first-order chi connectivity index (χ1) is 19.3. The van der Waals surface area contributed by atoms with Crippen molar-refractivity contribution < 1.29 is 28.6 Å². The number of fused-ring (bicyclic) bond motifs is 2. The Balaban J connectivity index is 1.58. The molecule has 2 aromatic heterocycles. The fourth-order valence-corrected chi connectivity index (χ4v) is 4.54. The lowest BCUT2D eigenvalue weighted by atomic mass is 10.0. The molecule has 0 fully saturated rings. The van der Waals surface area contributed by atoms with Gasteiger partial charge in [-0.1, -0.05) is 48.5 Å². The monoisotopic (exact) mass is 540 g/mol. The first-order valence-corrected chi connectivity index (χ1v) is 12.4. The molecule has 0 bridgehead atoms. The number of methoxy groups -OCH3 is 1. The molecule has 1 atom stereocenters. The molecule has 5 rings (SSSR count). The molecule has 0 radical (unpaired) electrons. The Kier molecular flexibility index (Phi) is 7.41. The van der Waals surface area contributed by atoms with Crippen LogP contribution in [0.25, 0.3) is 27.7 Å². The van der Waals surface area contributed by atoms with Crippen LogP contribution in [0.2, 0.25) is 0 Å². The predicted molar refractivity (Wildman–Crippen MR) is 147 cm³/mol. The molecule has 3 aromatic carbocycles. The van der Waals surface area contributed by atoms with Crippen LogP contribution in [0.5, 0.6) is 0 Å². The summed E-state index contributed by atoms with van der Waals surface area (Å²) >= 11 is 0. The van der Waals surface area contributed by atoms with Gasteiger partial charge in [0.25, 0.3) is 5.91 Å². The molecule has 1 unspecified atom stereocenters. The van der Waals surface area contributed by atoms with E-state index in [1.165, 1.54) is 31.4 Å². The van der Waals surface area contributed by atoms with Crippen LogP contribution in [0, 0.1) is 5.82 Å². The van der Waals surface area contributed by atoms with Gasteiger partial charge in [0.15, 0.2) is 5.65 Å². The van der Waals surface area contributed by atoms with E-state index in [4.69, 9.17) is 9.72 Å². The topological polar surface area (TPSA) is 122 Å². The van der Waals surface area contributed by atoms with E-state index >= 15 is 0 Å². The van der Waals surface area contributed by atoms with E-state index in [9.17, 15) is 23.9 Å². The number of halogens is 1. The first kappa shape index (κ1) is 26.4. The highest BCUT2D eigenvalue weighted by Gasteiger charge is 2.24. The van der Waals surface area contributed by atoms with Gasteiger partial charge in [0.2, 0.25) is 0 Å². The van der Waals surface area contributed by atoms with Crippen molar-refractivity contribution in [3.05, 3.63) is 102 Å². The maximum absolute atomic E-state index is 13.5. The van der Waals surface area contributed by atoms with Crippen LogP contribution >= 0.6 is 0 Å². The summed E-state index contributed by atoms with van der Waals surface area (Å²) in [7, 11) is 1.29. The van der Waals surface area contributed by atoms with Crippen LogP contribution in [0.4, 0.5) is 10.2 Å². The average Bonchev–Trinajstić information content (AvgIpc) is 3.34. The number of nitrogens with one attached hydrogen (secondary N) is 2. The summed E-state index contributed by atoms with van der Waals surface area (Å²) in [6.07, 6.45) is 1.31. The number of imidazole rings is 1. The number of anilines is 1. The van der Waals surface area contributed by atoms with E-state index in [2.05, 4.69) is 10.6 Å². The number of pyridine rings is 1. The average molecular weight is 541 g/mol. The molecule has 0 aliphatic carbocycles. The van der Waals surface area contributed by atoms with Crippen molar-refractivity contribution >= 4 is 40.1 Å². The number of ether oxygens (including phenoxy) is 1. The normalized spacial score (nSPS) is 11.8. The second-order valence-electron chi connectivity index (χ2n) is 9.09. The fraction of sp³-hybridized carbons (Fsp3) is 0.133. The fourth-order valence-electron chi connectivity index (χ4n) is 4.54. The Morgan fingerprint density at radius 2 is 1.75 bits per heavy atom. The van der Waals surface area contributed by atoms with Crippen molar-refractivity contribution in [1.82, 2.24) is 14.7 Å². The molecule has 3 N–H and O–H groups in total. The molecular formula is C30H25FN4O5. The third-order valence-corrected chi connectivity index (χ3v) is 6.50. The maximum Gasteiger partial charge on any atom is 0.325 e. The Morgan fingerprint density at radius 3 is 2.48 bits per heavy atom. The number of carbonyl (C=O) groups is 3. The minimum Gasteiger partial charge on any atom is -0.481 e. The number of benzene rings is 3. The van der Waals surface area contributed by atoms with Crippen LogP contribution in [-0.4, -0.2) is 46.0 Å². The Bertz CT molecular complexity index is 1730. The van der Waals surface area contributed by atoms with Gasteiger partial charge >= 0.3 is 11.9 Å². The highest BCUT2D eigenvalue weighted by molar-refractivity contribution is 6.01. The van der Waals surface area contributed by atoms with E-state index in [-0.39, 0.29) is 12.1 Å². The second kappa shape index (κ2) is 11.2. The quantitative estimate of drug-likeness (QED) is 0.229. The number of carboxylic acid groups (broad SMARTS) is 1. The maximum atomic E-state index is 13.5. The minimum atomic E-state index is -1.12. The Morgan fingerprint density at radius 1 is 1.00 bits per heavy atom. The molecule has 2 heterocycles. The molecule has 5 aromatic rings. The van der Waals surface area contributed by atoms with Crippen LogP contribution in [0.1, 0.15) is 28.4 Å². The van der Waals surface area contributed by atoms with Gasteiger partial charge in [0.05, 0.1) is 25.1 Å². The van der Waals surface area contributed by atoms with Crippen molar-refractivity contribution in [2.75, 3.05) is 19.0 Å². The summed E-state index contributed by atoms with van der Waals surface area (Å²) in [6, 6.07) is 21.3. The lowest BCUT2D eigenvalue weighted by Crippen LogP contribution is -2.30. The van der Waals surface area contributed by atoms with Crippen LogP contribution < -0.4 is 10.6 Å². The minimum absolute atomic E-state index is 0.132. The van der Waals surface area contributed by atoms with Gasteiger partial charge in [-0.2, -0.15) is 0 Å². The molecule has 0 aliphatic rings. The van der Waals surface area contributed by atoms with Gasteiger partial charge in [-0.15, -0.1) is 0 Å². The van der Waals surface area contributed by atoms with Gasteiger partial charge in [0.1, 0.15) is 23.9 Å². The number of rotatable bonds is 9. The molecule has 202 valence electrons. The molecule has 0 saturated heterocycles. The summed E-state index contributed by atoms with van der Waals surface area (Å²) in [5.74, 6) is -2.16. The van der Waals surface area contributed by atoms with Crippen molar-refractivity contribution in [1.29, 1.82) is 0 Å². The molecule has 0 spiro atoms. The lowest BCUT2D eigenvalue weighted by molar-refractivity contribution is -0.139. The highest BCUT2D eigenvalue weighted by atomic mass is 19.1. The SMILES string of the molecule is COC(=O)CNc1c(-c2ccc3ccccc3c2)nc2c(C(=O)NC(CC(=O)O)c3ccc(F)cc3)cccn12. The summed E-state index contributed by atoms with van der Waals surface area (Å²) in [5, 5.41) is 17.3. The molecule has 9 nitrogen and oxygen atoms in total. The van der Waals surface area contributed by atoms with E-state index in [0.717, 1.165) is 16.3 Å². The molecule has 40 heavy (non-hydrogen) atoms. The third-order valence-electron chi connectivity index (χ3n) is 6.50. The van der Waals surface area contributed by atoms with Gasteiger partial charge < -0.3 is 20.5 Å². The van der Waals surface area contributed by atoms with Crippen LogP contribution in [-0.2, 0) is 14.3 Å². The van der Waals surface area contributed by atoms with Gasteiger partial charge in [-0.05, 0) is 46.7 Å². The zero-order chi connectivity index (χ0) is 28.2. The van der Waals surface area contributed by atoms with Crippen LogP contribution in [0.3, 0.4) is 0 Å². The number of carbonyl (C=O) groups excluding carboxylic acids is 2. The number of aromatic nitrogens is 2. The second-order valence-corrected chi connectivity index (χ2v) is 9.09. The summed E-state index contributed by atoms with van der Waals surface area (Å²) in [4.78, 5) is 41.8. The van der Waals surface area contributed by atoms with Crippen LogP contribution in [0.15, 0.2) is 85.1 Å². The lowest BCUT2D eigenvalue weighted by Gasteiger charge is -2.18. The van der Waals surface area contributed by atoms with E-state index in [0.29, 0.717) is 22.7 Å². The summed E-state index contributed by atoms with van der Waals surface area (Å²) in [6.45, 7) is -0.132. The van der Waals surface area contributed by atoms with E-state index in [1.54, 1.807) is 22.7 Å². The highest BCUT2D eigenvalue weighted by Crippen LogP contribution is 2.32. The largest absolute Gasteiger partial charge is 0.481 e. The van der Waals surface area contributed by atoms with E-state index in [1.807, 2.05) is 42.5 Å². The molecule has 10 heteroatoms. The van der Waals surface area contributed by atoms with Crippen molar-refractivity contribution in [2.24, 2.45) is 0 Å². The van der Waals surface area contributed by atoms with Gasteiger partial charge in [0, 0.05) is 11.8 Å². The number of hydrogen-bond donors (Lipinski definition) is 3. The van der Waals surface area contributed by atoms with Gasteiger partial charge in [-0.3, -0.25) is 18.8 Å². The van der Waals surface area contributed by atoms with E-state index < -0.39 is 36.1 Å². The zero-order valence-corrected chi connectivity index (χ0v) is 21.4. The third kappa shape index (κ3) is 5.46. The van der Waals surface area contributed by atoms with Gasteiger partial charge in [-0.25, -0.2) is 9.37 Å². The standard InChI is InChI=1S/C30H25FN4O5/c1-40-26(38)17-32-29-27(21-9-8-18-5-2-3-6-20(18)15-21)34-28-23(7-4-14-35(28)29)30(39)33-24(16-25(36)37)19-10-12-22(31)13-11-19/h2-15,24,32H,16-17H2,1H3,(H,33,39)(H,36,37). The Hall–Kier alpha value is -5.25. The molecule has 1 amide bonds. The number of aliphatic carboxylic acids is 1. The molecule has 0 saturated carbocycles.